The van der Waals surface area contributed by atoms with Gasteiger partial charge in [-0.3, -0.25) is 19.4 Å². The molecule has 3 aliphatic rings. The van der Waals surface area contributed by atoms with Gasteiger partial charge < -0.3 is 10.6 Å². The zero-order chi connectivity index (χ0) is 29.1. The van der Waals surface area contributed by atoms with Gasteiger partial charge in [0.1, 0.15) is 30.3 Å². The number of urea groups is 1. The van der Waals surface area contributed by atoms with Gasteiger partial charge in [0.15, 0.2) is 11.5 Å². The van der Waals surface area contributed by atoms with E-state index in [1.54, 1.807) is 16.8 Å². The van der Waals surface area contributed by atoms with Gasteiger partial charge in [0, 0.05) is 43.0 Å². The molecule has 4 aromatic rings. The summed E-state index contributed by atoms with van der Waals surface area (Å²) in [7, 11) is 1.48. The highest BCUT2D eigenvalue weighted by Gasteiger charge is 2.46. The second kappa shape index (κ2) is 9.82. The molecule has 0 spiro atoms. The number of pyridine rings is 1. The largest absolute Gasteiger partial charge is 0.360 e. The highest BCUT2D eigenvalue weighted by molar-refractivity contribution is 6.13. The minimum atomic E-state index is -0.384. The lowest BCUT2D eigenvalue weighted by Gasteiger charge is -2.16. The van der Waals surface area contributed by atoms with Crippen LogP contribution in [-0.4, -0.2) is 70.9 Å². The Bertz CT molecular complexity index is 1750. The van der Waals surface area contributed by atoms with Crippen LogP contribution in [0, 0.1) is 12.8 Å². The third-order valence-corrected chi connectivity index (χ3v) is 7.92. The molecule has 14 nitrogen and oxygen atoms in total. The highest BCUT2D eigenvalue weighted by Crippen LogP contribution is 2.46. The Kier molecular flexibility index (Phi) is 6.06. The molecule has 14 heteroatoms. The Morgan fingerprint density at radius 2 is 1.90 bits per heavy atom. The molecule has 3 fully saturated rings. The second-order valence-electron chi connectivity index (χ2n) is 11.1. The van der Waals surface area contributed by atoms with Gasteiger partial charge in [-0.15, -0.1) is 5.10 Å². The second-order valence-corrected chi connectivity index (χ2v) is 11.1. The van der Waals surface area contributed by atoms with E-state index < -0.39 is 0 Å². The van der Waals surface area contributed by atoms with E-state index in [1.165, 1.54) is 18.3 Å². The van der Waals surface area contributed by atoms with E-state index in [4.69, 9.17) is 10.1 Å². The number of anilines is 3. The standard InChI is InChI=1S/C28H29N11O3/c1-14-6-7-29-25(32-14)18-9-19(18)27(41)34-22-10-21(30-13-31-22)33-15(2)24-35-26-20(38-12-23(40)37(3)28(38)42)8-17(16-4-5-16)11-39(26)36-24/h6-8,10-11,13,15-16,18-19H,4-5,9,12H2,1-3H3,(H2,30,31,33,34,41)/t15-,18+,19+/m1/s1. The summed E-state index contributed by atoms with van der Waals surface area (Å²) in [5.41, 5.74) is 2.99. The van der Waals surface area contributed by atoms with Gasteiger partial charge in [0.05, 0.1) is 11.7 Å². The van der Waals surface area contributed by atoms with Crippen LogP contribution in [0.3, 0.4) is 0 Å². The Balaban J connectivity index is 1.08. The molecule has 2 saturated carbocycles. The molecular weight excluding hydrogens is 538 g/mol. The quantitative estimate of drug-likeness (QED) is 0.303. The molecule has 214 valence electrons. The number of imide groups is 1. The lowest BCUT2D eigenvalue weighted by Crippen LogP contribution is -2.30. The topological polar surface area (TPSA) is 164 Å². The van der Waals surface area contributed by atoms with Crippen LogP contribution in [0.2, 0.25) is 0 Å². The minimum Gasteiger partial charge on any atom is -0.360 e. The van der Waals surface area contributed by atoms with E-state index in [9.17, 15) is 14.4 Å². The number of carbonyl (C=O) groups excluding carboxylic acids is 3. The first-order chi connectivity index (χ1) is 20.2. The average molecular weight is 568 g/mol. The third kappa shape index (κ3) is 4.78. The van der Waals surface area contributed by atoms with Crippen molar-refractivity contribution in [2.75, 3.05) is 29.1 Å². The number of carbonyl (C=O) groups is 3. The zero-order valence-corrected chi connectivity index (χ0v) is 23.4. The molecule has 0 aromatic carbocycles. The van der Waals surface area contributed by atoms with Crippen molar-refractivity contribution in [3.63, 3.8) is 0 Å². The van der Waals surface area contributed by atoms with E-state index in [1.807, 2.05) is 32.2 Å². The molecule has 42 heavy (non-hydrogen) atoms. The van der Waals surface area contributed by atoms with Crippen LogP contribution in [0.1, 0.15) is 67.0 Å². The van der Waals surface area contributed by atoms with Gasteiger partial charge in [-0.1, -0.05) is 0 Å². The van der Waals surface area contributed by atoms with E-state index in [2.05, 4.69) is 30.6 Å². The maximum absolute atomic E-state index is 12.9. The zero-order valence-electron chi connectivity index (χ0n) is 23.4. The van der Waals surface area contributed by atoms with Crippen LogP contribution in [0.25, 0.3) is 5.65 Å². The molecule has 4 amide bonds. The predicted octanol–water partition coefficient (Wildman–Crippen LogP) is 2.81. The monoisotopic (exact) mass is 567 g/mol. The van der Waals surface area contributed by atoms with Gasteiger partial charge in [0.2, 0.25) is 11.8 Å². The SMILES string of the molecule is Cc1ccnc([C@H]2C[C@@H]2C(=O)Nc2cc(N[C@H](C)c3nc4c(N5CC(=O)N(C)C5=O)cc(C5CC5)cn4n3)ncn2)n1. The molecule has 0 unspecified atom stereocenters. The molecule has 1 aliphatic heterocycles. The van der Waals surface area contributed by atoms with Crippen LogP contribution in [-0.2, 0) is 9.59 Å². The Morgan fingerprint density at radius 1 is 1.10 bits per heavy atom. The number of amides is 4. The van der Waals surface area contributed by atoms with Crippen molar-refractivity contribution in [1.82, 2.24) is 39.4 Å². The smallest absolute Gasteiger partial charge is 0.331 e. The Labute approximate surface area is 240 Å². The predicted molar refractivity (Wildman–Crippen MR) is 151 cm³/mol. The van der Waals surface area contributed by atoms with Crippen LogP contribution in [0.5, 0.6) is 0 Å². The number of fused-ring (bicyclic) bond motifs is 1. The van der Waals surface area contributed by atoms with Crippen molar-refractivity contribution in [2.24, 2.45) is 5.92 Å². The van der Waals surface area contributed by atoms with Gasteiger partial charge in [0.25, 0.3) is 0 Å². The van der Waals surface area contributed by atoms with Gasteiger partial charge in [-0.25, -0.2) is 34.2 Å². The van der Waals surface area contributed by atoms with Gasteiger partial charge >= 0.3 is 6.03 Å². The molecule has 0 bridgehead atoms. The lowest BCUT2D eigenvalue weighted by atomic mass is 10.1. The van der Waals surface area contributed by atoms with Crippen LogP contribution >= 0.6 is 0 Å². The van der Waals surface area contributed by atoms with Crippen LogP contribution in [0.4, 0.5) is 22.1 Å². The summed E-state index contributed by atoms with van der Waals surface area (Å²) in [6.07, 6.45) is 7.87. The van der Waals surface area contributed by atoms with E-state index in [0.29, 0.717) is 47.0 Å². The number of rotatable bonds is 8. The first-order valence-corrected chi connectivity index (χ1v) is 13.9. The lowest BCUT2D eigenvalue weighted by molar-refractivity contribution is -0.124. The summed E-state index contributed by atoms with van der Waals surface area (Å²) >= 11 is 0. The molecule has 3 atom stereocenters. The maximum atomic E-state index is 12.9. The molecule has 1 saturated heterocycles. The number of aryl methyl sites for hydroxylation is 1. The third-order valence-electron chi connectivity index (χ3n) is 7.92. The maximum Gasteiger partial charge on any atom is 0.331 e. The summed E-state index contributed by atoms with van der Waals surface area (Å²) < 4.78 is 1.68. The number of likely N-dealkylation sites (N-methyl/N-ethyl adjacent to an activating group) is 1. The molecule has 2 N–H and O–H groups in total. The van der Waals surface area contributed by atoms with Crippen molar-refractivity contribution < 1.29 is 14.4 Å². The molecule has 0 radical (unpaired) electrons. The van der Waals surface area contributed by atoms with Crippen molar-refractivity contribution in [1.29, 1.82) is 0 Å². The normalized spacial score (nSPS) is 20.7. The van der Waals surface area contributed by atoms with Crippen molar-refractivity contribution in [3.05, 3.63) is 59.8 Å². The van der Waals surface area contributed by atoms with Crippen molar-refractivity contribution >= 4 is 40.8 Å². The van der Waals surface area contributed by atoms with E-state index in [0.717, 1.165) is 29.0 Å². The Hall–Kier alpha value is -5.01. The van der Waals surface area contributed by atoms with Crippen molar-refractivity contribution in [2.45, 2.75) is 51.0 Å². The Morgan fingerprint density at radius 3 is 2.64 bits per heavy atom. The summed E-state index contributed by atoms with van der Waals surface area (Å²) in [6, 6.07) is 4.68. The summed E-state index contributed by atoms with van der Waals surface area (Å²) in [6.45, 7) is 3.76. The minimum absolute atomic E-state index is 0.00479. The summed E-state index contributed by atoms with van der Waals surface area (Å²) in [4.78, 5) is 62.5. The van der Waals surface area contributed by atoms with Crippen LogP contribution in [0.15, 0.2) is 36.9 Å². The molecule has 2 aliphatic carbocycles. The molecule has 7 rings (SSSR count). The number of hydrogen-bond donors (Lipinski definition) is 2. The summed E-state index contributed by atoms with van der Waals surface area (Å²) in [5, 5.41) is 10.9. The van der Waals surface area contributed by atoms with E-state index >= 15 is 0 Å². The van der Waals surface area contributed by atoms with Gasteiger partial charge in [-0.2, -0.15) is 0 Å². The fourth-order valence-corrected chi connectivity index (χ4v) is 5.24. The summed E-state index contributed by atoms with van der Waals surface area (Å²) in [5.74, 6) is 1.85. The fraction of sp³-hybridized carbons (Fsp3) is 0.393. The first kappa shape index (κ1) is 25.9. The number of nitrogens with zero attached hydrogens (tertiary/aromatic N) is 9. The van der Waals surface area contributed by atoms with E-state index in [-0.39, 0.29) is 42.3 Å². The average Bonchev–Trinajstić information content (AvgIpc) is 3.90. The van der Waals surface area contributed by atoms with Crippen LogP contribution < -0.4 is 15.5 Å². The highest BCUT2D eigenvalue weighted by atomic mass is 16.2. The first-order valence-electron chi connectivity index (χ1n) is 13.9. The number of aromatic nitrogens is 7. The number of hydrogen-bond acceptors (Lipinski definition) is 10. The molecule has 4 aromatic heterocycles. The number of nitrogens with one attached hydrogen (secondary N) is 2. The van der Waals surface area contributed by atoms with Crippen molar-refractivity contribution in [3.8, 4) is 0 Å². The fourth-order valence-electron chi connectivity index (χ4n) is 5.24. The van der Waals surface area contributed by atoms with Gasteiger partial charge in [-0.05, 0) is 56.7 Å². The molecule has 5 heterocycles. The molecular formula is C28H29N11O3.